The van der Waals surface area contributed by atoms with Crippen LogP contribution in [0.25, 0.3) is 0 Å². The normalized spacial score (nSPS) is 13.7. The number of hydrogen-bond donors (Lipinski definition) is 1. The maximum atomic E-state index is 13.0. The van der Waals surface area contributed by atoms with Gasteiger partial charge in [0.1, 0.15) is 5.82 Å². The summed E-state index contributed by atoms with van der Waals surface area (Å²) in [7, 11) is 0. The van der Waals surface area contributed by atoms with E-state index in [1.807, 2.05) is 20.8 Å². The third-order valence-corrected chi connectivity index (χ3v) is 2.89. The topological polar surface area (TPSA) is 30.5 Å². The van der Waals surface area contributed by atoms with E-state index in [2.05, 4.69) is 19.2 Å². The average Bonchev–Trinajstić information content (AvgIpc) is 2.38. The molecule has 1 aromatic rings. The van der Waals surface area contributed by atoms with E-state index in [4.69, 9.17) is 9.47 Å². The smallest absolute Gasteiger partial charge is 0.123 e. The standard InChI is InChI=1S/C17H28FNO2/c1-13(2)19-12-16(14-6-8-15(18)9-7-14)20-10-11-21-17(3,4)5/h6-9,13,16,19H,10-12H2,1-5H3. The van der Waals surface area contributed by atoms with Crippen molar-refractivity contribution in [3.8, 4) is 0 Å². The molecular formula is C17H28FNO2. The fraction of sp³-hybridized carbons (Fsp3) is 0.647. The zero-order valence-electron chi connectivity index (χ0n) is 13.8. The average molecular weight is 297 g/mol. The van der Waals surface area contributed by atoms with Crippen LogP contribution in [0, 0.1) is 5.82 Å². The lowest BCUT2D eigenvalue weighted by atomic mass is 10.1. The number of nitrogens with one attached hydrogen (secondary N) is 1. The maximum absolute atomic E-state index is 13.0. The molecule has 120 valence electrons. The molecule has 0 saturated carbocycles. The van der Waals surface area contributed by atoms with E-state index in [0.717, 1.165) is 5.56 Å². The lowest BCUT2D eigenvalue weighted by Gasteiger charge is -2.23. The summed E-state index contributed by atoms with van der Waals surface area (Å²) in [6.45, 7) is 12.0. The highest BCUT2D eigenvalue weighted by molar-refractivity contribution is 5.19. The van der Waals surface area contributed by atoms with Crippen LogP contribution in [0.4, 0.5) is 4.39 Å². The first-order valence-corrected chi connectivity index (χ1v) is 7.52. The second kappa shape index (κ2) is 8.47. The van der Waals surface area contributed by atoms with Gasteiger partial charge in [-0.05, 0) is 38.5 Å². The summed E-state index contributed by atoms with van der Waals surface area (Å²) in [5, 5.41) is 3.36. The van der Waals surface area contributed by atoms with E-state index >= 15 is 0 Å². The highest BCUT2D eigenvalue weighted by atomic mass is 19.1. The highest BCUT2D eigenvalue weighted by Gasteiger charge is 2.14. The van der Waals surface area contributed by atoms with Gasteiger partial charge in [-0.1, -0.05) is 26.0 Å². The summed E-state index contributed by atoms with van der Waals surface area (Å²) < 4.78 is 24.6. The Morgan fingerprint density at radius 2 is 1.71 bits per heavy atom. The highest BCUT2D eigenvalue weighted by Crippen LogP contribution is 2.18. The molecule has 4 heteroatoms. The van der Waals surface area contributed by atoms with Crippen molar-refractivity contribution >= 4 is 0 Å². The molecule has 0 aromatic heterocycles. The molecule has 0 spiro atoms. The van der Waals surface area contributed by atoms with Gasteiger partial charge in [0, 0.05) is 12.6 Å². The fourth-order valence-corrected chi connectivity index (χ4v) is 1.83. The van der Waals surface area contributed by atoms with Gasteiger partial charge in [0.25, 0.3) is 0 Å². The molecule has 0 aliphatic rings. The Labute approximate surface area is 127 Å². The SMILES string of the molecule is CC(C)NCC(OCCOC(C)(C)C)c1ccc(F)cc1. The van der Waals surface area contributed by atoms with Crippen LogP contribution in [0.5, 0.6) is 0 Å². The molecule has 1 unspecified atom stereocenters. The van der Waals surface area contributed by atoms with Crippen molar-refractivity contribution in [1.29, 1.82) is 0 Å². The van der Waals surface area contributed by atoms with Crippen LogP contribution in [0.1, 0.15) is 46.3 Å². The Morgan fingerprint density at radius 3 is 2.24 bits per heavy atom. The fourth-order valence-electron chi connectivity index (χ4n) is 1.83. The van der Waals surface area contributed by atoms with E-state index in [0.29, 0.717) is 25.8 Å². The Kier molecular flexibility index (Phi) is 7.29. The number of benzene rings is 1. The van der Waals surface area contributed by atoms with Gasteiger partial charge in [-0.2, -0.15) is 0 Å². The maximum Gasteiger partial charge on any atom is 0.123 e. The van der Waals surface area contributed by atoms with Gasteiger partial charge in [-0.15, -0.1) is 0 Å². The van der Waals surface area contributed by atoms with Gasteiger partial charge >= 0.3 is 0 Å². The van der Waals surface area contributed by atoms with Gasteiger partial charge in [-0.25, -0.2) is 4.39 Å². The molecule has 0 amide bonds. The van der Waals surface area contributed by atoms with Gasteiger partial charge in [0.05, 0.1) is 24.9 Å². The molecule has 0 aliphatic heterocycles. The van der Waals surface area contributed by atoms with Crippen LogP contribution in [-0.4, -0.2) is 31.4 Å². The van der Waals surface area contributed by atoms with E-state index in [1.165, 1.54) is 12.1 Å². The van der Waals surface area contributed by atoms with Crippen molar-refractivity contribution in [3.63, 3.8) is 0 Å². The lowest BCUT2D eigenvalue weighted by molar-refractivity contribution is -0.0521. The first-order valence-electron chi connectivity index (χ1n) is 7.52. The second-order valence-corrected chi connectivity index (χ2v) is 6.43. The van der Waals surface area contributed by atoms with Gasteiger partial charge < -0.3 is 14.8 Å². The largest absolute Gasteiger partial charge is 0.373 e. The molecule has 0 aliphatic carbocycles. The first kappa shape index (κ1) is 18.1. The van der Waals surface area contributed by atoms with E-state index in [9.17, 15) is 4.39 Å². The lowest BCUT2D eigenvalue weighted by Crippen LogP contribution is -2.30. The van der Waals surface area contributed by atoms with Crippen molar-refractivity contribution in [2.24, 2.45) is 0 Å². The molecule has 1 rings (SSSR count). The van der Waals surface area contributed by atoms with Crippen LogP contribution < -0.4 is 5.32 Å². The van der Waals surface area contributed by atoms with Gasteiger partial charge in [-0.3, -0.25) is 0 Å². The van der Waals surface area contributed by atoms with Gasteiger partial charge in [0.15, 0.2) is 0 Å². The summed E-state index contributed by atoms with van der Waals surface area (Å²) in [6, 6.07) is 6.85. The van der Waals surface area contributed by atoms with Crippen molar-refractivity contribution in [2.75, 3.05) is 19.8 Å². The second-order valence-electron chi connectivity index (χ2n) is 6.43. The minimum absolute atomic E-state index is 0.100. The zero-order chi connectivity index (χ0) is 15.9. The zero-order valence-corrected chi connectivity index (χ0v) is 13.8. The van der Waals surface area contributed by atoms with E-state index in [1.54, 1.807) is 12.1 Å². The molecule has 0 bridgehead atoms. The third-order valence-electron chi connectivity index (χ3n) is 2.89. The molecule has 21 heavy (non-hydrogen) atoms. The van der Waals surface area contributed by atoms with Crippen LogP contribution in [0.2, 0.25) is 0 Å². The van der Waals surface area contributed by atoms with Crippen molar-refractivity contribution in [1.82, 2.24) is 5.32 Å². The Hall–Kier alpha value is -0.970. The predicted molar refractivity (Wildman–Crippen MR) is 83.9 cm³/mol. The molecule has 0 heterocycles. The summed E-state index contributed by atoms with van der Waals surface area (Å²) >= 11 is 0. The minimum atomic E-state index is -0.231. The summed E-state index contributed by atoms with van der Waals surface area (Å²) in [4.78, 5) is 0. The van der Waals surface area contributed by atoms with Crippen LogP contribution >= 0.6 is 0 Å². The molecule has 0 fully saturated rings. The summed E-state index contributed by atoms with van der Waals surface area (Å²) in [6.07, 6.45) is -0.100. The Bertz CT molecular complexity index is 398. The number of hydrogen-bond acceptors (Lipinski definition) is 3. The predicted octanol–water partition coefficient (Wildman–Crippen LogP) is 3.70. The van der Waals surface area contributed by atoms with Crippen LogP contribution in [0.15, 0.2) is 24.3 Å². The van der Waals surface area contributed by atoms with Crippen LogP contribution in [-0.2, 0) is 9.47 Å². The third kappa shape index (κ3) is 8.15. The molecule has 3 nitrogen and oxygen atoms in total. The molecule has 0 saturated heterocycles. The number of rotatable bonds is 8. The number of ether oxygens (including phenoxy) is 2. The molecular weight excluding hydrogens is 269 g/mol. The van der Waals surface area contributed by atoms with Gasteiger partial charge in [0.2, 0.25) is 0 Å². The van der Waals surface area contributed by atoms with Crippen molar-refractivity contribution < 1.29 is 13.9 Å². The molecule has 0 radical (unpaired) electrons. The monoisotopic (exact) mass is 297 g/mol. The number of halogens is 1. The molecule has 1 aromatic carbocycles. The van der Waals surface area contributed by atoms with Crippen molar-refractivity contribution in [3.05, 3.63) is 35.6 Å². The summed E-state index contributed by atoms with van der Waals surface area (Å²) in [5.74, 6) is -0.231. The molecule has 1 atom stereocenters. The Morgan fingerprint density at radius 1 is 1.10 bits per heavy atom. The molecule has 1 N–H and O–H groups in total. The van der Waals surface area contributed by atoms with Crippen molar-refractivity contribution in [2.45, 2.75) is 52.4 Å². The van der Waals surface area contributed by atoms with E-state index < -0.39 is 0 Å². The quantitative estimate of drug-likeness (QED) is 0.742. The first-order chi connectivity index (χ1) is 9.78. The van der Waals surface area contributed by atoms with E-state index in [-0.39, 0.29) is 17.5 Å². The summed E-state index contributed by atoms with van der Waals surface area (Å²) in [5.41, 5.74) is 0.811. The van der Waals surface area contributed by atoms with Crippen LogP contribution in [0.3, 0.4) is 0 Å². The Balaban J connectivity index is 2.54. The minimum Gasteiger partial charge on any atom is -0.373 e.